The minimum Gasteiger partial charge on any atom is -0.369 e. The molecule has 0 radical (unpaired) electrons. The normalized spacial score (nSPS) is 9.67. The highest BCUT2D eigenvalue weighted by molar-refractivity contribution is 7.59. The topological polar surface area (TPSA) is 100 Å². The zero-order chi connectivity index (χ0) is 7.84. The highest BCUT2D eigenvalue weighted by Gasteiger charge is 2.01. The van der Waals surface area contributed by atoms with Crippen molar-refractivity contribution in [1.29, 1.82) is 0 Å². The van der Waals surface area contributed by atoms with Crippen molar-refractivity contribution in [1.82, 2.24) is 19.9 Å². The number of aromatic amines is 2. The van der Waals surface area contributed by atoms with Crippen molar-refractivity contribution in [2.24, 2.45) is 0 Å². The van der Waals surface area contributed by atoms with Crippen LogP contribution >= 0.6 is 13.5 Å². The van der Waals surface area contributed by atoms with E-state index >= 15 is 0 Å². The van der Waals surface area contributed by atoms with Crippen LogP contribution in [0.3, 0.4) is 0 Å². The van der Waals surface area contributed by atoms with Gasteiger partial charge >= 0.3 is 0 Å². The van der Waals surface area contributed by atoms with E-state index in [1.54, 1.807) is 0 Å². The third-order valence-corrected chi connectivity index (χ3v) is 1.31. The molecule has 0 saturated carbocycles. The quantitative estimate of drug-likeness (QED) is 0.507. The zero-order valence-electron chi connectivity index (χ0n) is 5.96. The van der Waals surface area contributed by atoms with Crippen LogP contribution in [0.25, 0.3) is 11.2 Å². The van der Waals surface area contributed by atoms with Gasteiger partial charge in [0.2, 0.25) is 5.95 Å². The molecule has 64 valence electrons. The third kappa shape index (κ3) is 1.14. The Bertz CT molecular complexity index is 446. The fraction of sp³-hybridized carbons (Fsp3) is 0. The van der Waals surface area contributed by atoms with E-state index in [1.165, 1.54) is 6.33 Å². The minimum absolute atomic E-state index is 0. The number of nitrogens with two attached hydrogens (primary N) is 1. The number of nitrogens with one attached hydrogen (secondary N) is 2. The van der Waals surface area contributed by atoms with Crippen molar-refractivity contribution < 1.29 is 0 Å². The monoisotopic (exact) mass is 185 g/mol. The smallest absolute Gasteiger partial charge is 0.278 e. The van der Waals surface area contributed by atoms with E-state index in [1.807, 2.05) is 0 Å². The molecule has 2 rings (SSSR count). The first-order valence-corrected chi connectivity index (χ1v) is 2.96. The van der Waals surface area contributed by atoms with Crippen molar-refractivity contribution in [3.63, 3.8) is 0 Å². The Morgan fingerprint density at radius 2 is 2.25 bits per heavy atom. The number of H-pyrrole nitrogens is 2. The van der Waals surface area contributed by atoms with Crippen LogP contribution in [-0.2, 0) is 0 Å². The molecule has 0 atom stereocenters. The number of nitrogen functional groups attached to an aromatic ring is 1. The molecule has 0 bridgehead atoms. The Balaban J connectivity index is 0.000000720. The molecular weight excluding hydrogens is 178 g/mol. The first-order valence-electron chi connectivity index (χ1n) is 2.96. The summed E-state index contributed by atoms with van der Waals surface area (Å²) in [5.41, 5.74) is 5.65. The third-order valence-electron chi connectivity index (χ3n) is 1.31. The van der Waals surface area contributed by atoms with Crippen molar-refractivity contribution in [2.45, 2.75) is 0 Å². The number of hydrogen-bond donors (Lipinski definition) is 3. The molecule has 12 heavy (non-hydrogen) atoms. The molecule has 0 unspecified atom stereocenters. The van der Waals surface area contributed by atoms with Gasteiger partial charge in [-0.3, -0.25) is 9.78 Å². The molecule has 0 aliphatic carbocycles. The van der Waals surface area contributed by atoms with Gasteiger partial charge in [-0.05, 0) is 0 Å². The van der Waals surface area contributed by atoms with Crippen LogP contribution in [0, 0.1) is 0 Å². The first-order chi connectivity index (χ1) is 5.27. The van der Waals surface area contributed by atoms with Gasteiger partial charge in [0.25, 0.3) is 5.56 Å². The lowest BCUT2D eigenvalue weighted by Gasteiger charge is -1.89. The summed E-state index contributed by atoms with van der Waals surface area (Å²) in [6.45, 7) is 0. The summed E-state index contributed by atoms with van der Waals surface area (Å²) in [5, 5.41) is 0. The maximum Gasteiger partial charge on any atom is 0.278 e. The molecule has 2 heterocycles. The van der Waals surface area contributed by atoms with Gasteiger partial charge in [-0.2, -0.15) is 18.5 Å². The van der Waals surface area contributed by atoms with Crippen molar-refractivity contribution in [3.8, 4) is 0 Å². The molecule has 7 heteroatoms. The number of anilines is 1. The molecule has 6 nitrogen and oxygen atoms in total. The molecule has 0 saturated heterocycles. The van der Waals surface area contributed by atoms with Crippen molar-refractivity contribution >= 4 is 30.6 Å². The van der Waals surface area contributed by atoms with Crippen molar-refractivity contribution in [2.75, 3.05) is 5.73 Å². The number of fused-ring (bicyclic) bond motifs is 1. The summed E-state index contributed by atoms with van der Waals surface area (Å²) in [7, 11) is 0. The zero-order valence-corrected chi connectivity index (χ0v) is 6.96. The number of nitrogens with zero attached hydrogens (tertiary/aromatic N) is 2. The highest BCUT2D eigenvalue weighted by Crippen LogP contribution is 1.98. The van der Waals surface area contributed by atoms with Crippen LogP contribution in [0.1, 0.15) is 0 Å². The van der Waals surface area contributed by atoms with Crippen LogP contribution in [0.5, 0.6) is 0 Å². The predicted octanol–water partition coefficient (Wildman–Crippen LogP) is -0.659. The number of hydrogen-bond acceptors (Lipinski definition) is 4. The Morgan fingerprint density at radius 1 is 1.50 bits per heavy atom. The van der Waals surface area contributed by atoms with Crippen LogP contribution in [-0.4, -0.2) is 19.9 Å². The summed E-state index contributed by atoms with van der Waals surface area (Å²) >= 11 is 0. The molecule has 4 N–H and O–H groups in total. The molecule has 0 amide bonds. The predicted molar refractivity (Wildman–Crippen MR) is 49.3 cm³/mol. The average molecular weight is 185 g/mol. The lowest BCUT2D eigenvalue weighted by Crippen LogP contribution is -2.10. The SMILES string of the molecule is Nc1nc2nc[nH]c2c(=O)[nH]1.S. The lowest BCUT2D eigenvalue weighted by atomic mass is 10.5. The highest BCUT2D eigenvalue weighted by atomic mass is 32.1. The molecule has 0 aliphatic heterocycles. The van der Waals surface area contributed by atoms with Gasteiger partial charge in [0.15, 0.2) is 11.2 Å². The summed E-state index contributed by atoms with van der Waals surface area (Å²) in [5.74, 6) is 0.0783. The van der Waals surface area contributed by atoms with Gasteiger partial charge in [-0.1, -0.05) is 0 Å². The molecule has 0 fully saturated rings. The van der Waals surface area contributed by atoms with E-state index < -0.39 is 0 Å². The molecule has 0 spiro atoms. The van der Waals surface area contributed by atoms with E-state index in [0.717, 1.165) is 0 Å². The van der Waals surface area contributed by atoms with Gasteiger partial charge in [0.05, 0.1) is 6.33 Å². The second-order valence-corrected chi connectivity index (χ2v) is 2.05. The van der Waals surface area contributed by atoms with E-state index in [0.29, 0.717) is 11.2 Å². The Kier molecular flexibility index (Phi) is 2.05. The Hall–Kier alpha value is -1.50. The molecule has 0 aromatic carbocycles. The number of imidazole rings is 1. The van der Waals surface area contributed by atoms with Crippen LogP contribution in [0.2, 0.25) is 0 Å². The fourth-order valence-electron chi connectivity index (χ4n) is 0.860. The van der Waals surface area contributed by atoms with E-state index in [4.69, 9.17) is 5.73 Å². The van der Waals surface area contributed by atoms with Crippen LogP contribution in [0.15, 0.2) is 11.1 Å². The van der Waals surface area contributed by atoms with E-state index in [2.05, 4.69) is 19.9 Å². The van der Waals surface area contributed by atoms with Crippen LogP contribution in [0.4, 0.5) is 5.95 Å². The molecule has 2 aromatic rings. The second-order valence-electron chi connectivity index (χ2n) is 2.05. The summed E-state index contributed by atoms with van der Waals surface area (Å²) in [4.78, 5) is 23.5. The summed E-state index contributed by atoms with van der Waals surface area (Å²) in [6.07, 6.45) is 1.40. The fourth-order valence-corrected chi connectivity index (χ4v) is 0.860. The lowest BCUT2D eigenvalue weighted by molar-refractivity contribution is 1.17. The number of rotatable bonds is 0. The van der Waals surface area contributed by atoms with Gasteiger partial charge in [0.1, 0.15) is 0 Å². The van der Waals surface area contributed by atoms with Crippen molar-refractivity contribution in [3.05, 3.63) is 16.7 Å². The Morgan fingerprint density at radius 3 is 3.00 bits per heavy atom. The van der Waals surface area contributed by atoms with Gasteiger partial charge < -0.3 is 10.7 Å². The molecule has 2 aromatic heterocycles. The summed E-state index contributed by atoms with van der Waals surface area (Å²) in [6, 6.07) is 0. The van der Waals surface area contributed by atoms with E-state index in [9.17, 15) is 4.79 Å². The second kappa shape index (κ2) is 2.86. The van der Waals surface area contributed by atoms with Gasteiger partial charge in [-0.25, -0.2) is 4.98 Å². The van der Waals surface area contributed by atoms with Gasteiger partial charge in [-0.15, -0.1) is 0 Å². The molecular formula is C5H7N5OS. The minimum atomic E-state index is -0.301. The standard InChI is InChI=1S/C5H5N5O.H2S/c6-5-9-3-2(4(11)10-5)7-1-8-3;/h1H,(H4,6,7,8,9,10,11);1H2. The first kappa shape index (κ1) is 8.60. The van der Waals surface area contributed by atoms with Crippen LogP contribution < -0.4 is 11.3 Å². The molecule has 0 aliphatic rings. The number of aromatic nitrogens is 4. The summed E-state index contributed by atoms with van der Waals surface area (Å²) < 4.78 is 0. The average Bonchev–Trinajstić information content (AvgIpc) is 2.34. The maximum atomic E-state index is 11.0. The largest absolute Gasteiger partial charge is 0.369 e. The van der Waals surface area contributed by atoms with E-state index in [-0.39, 0.29) is 25.0 Å². The maximum absolute atomic E-state index is 11.0. The van der Waals surface area contributed by atoms with Gasteiger partial charge in [0, 0.05) is 0 Å². The Labute approximate surface area is 73.7 Å².